The zero-order chi connectivity index (χ0) is 13.7. The first-order valence-corrected chi connectivity index (χ1v) is 6.31. The molecule has 0 spiro atoms. The number of benzene rings is 1. The summed E-state index contributed by atoms with van der Waals surface area (Å²) in [5, 5.41) is 12.3. The molecule has 100 valence electrons. The van der Waals surface area contributed by atoms with Crippen LogP contribution in [-0.2, 0) is 19.5 Å². The number of phenols is 1. The van der Waals surface area contributed by atoms with Gasteiger partial charge in [-0.05, 0) is 35.7 Å². The van der Waals surface area contributed by atoms with Gasteiger partial charge in [-0.1, -0.05) is 19.1 Å². The quantitative estimate of drug-likeness (QED) is 0.869. The van der Waals surface area contributed by atoms with Gasteiger partial charge in [0.25, 0.3) is 0 Å². The summed E-state index contributed by atoms with van der Waals surface area (Å²) in [6, 6.07) is 8.39. The highest BCUT2D eigenvalue weighted by Crippen LogP contribution is 2.16. The third-order valence-electron chi connectivity index (χ3n) is 3.00. The average Bonchev–Trinajstić information content (AvgIpc) is 2.43. The summed E-state index contributed by atoms with van der Waals surface area (Å²) in [4.78, 5) is 4.34. The Labute approximate surface area is 112 Å². The molecule has 1 aromatic carbocycles. The lowest BCUT2D eigenvalue weighted by molar-refractivity contribution is 0.431. The molecule has 1 aromatic heterocycles. The van der Waals surface area contributed by atoms with Gasteiger partial charge in [-0.15, -0.1) is 0 Å². The molecular formula is C15H17FN2O. The molecule has 2 N–H and O–H groups in total. The highest BCUT2D eigenvalue weighted by atomic mass is 19.1. The standard InChI is InChI=1S/C15H17FN2O/c1-2-12-4-3-7-18-14(12)10-17-9-11-5-6-15(19)13(16)8-11/h3-8,17,19H,2,9-10H2,1H3. The van der Waals surface area contributed by atoms with Crippen molar-refractivity contribution < 1.29 is 9.50 Å². The number of hydrogen-bond acceptors (Lipinski definition) is 3. The Balaban J connectivity index is 1.94. The molecule has 4 heteroatoms. The Morgan fingerprint density at radius 2 is 2.11 bits per heavy atom. The Bertz CT molecular complexity index is 558. The third-order valence-corrected chi connectivity index (χ3v) is 3.00. The topological polar surface area (TPSA) is 45.2 Å². The molecule has 0 saturated heterocycles. The summed E-state index contributed by atoms with van der Waals surface area (Å²) in [6.07, 6.45) is 2.72. The van der Waals surface area contributed by atoms with Gasteiger partial charge < -0.3 is 10.4 Å². The first-order chi connectivity index (χ1) is 9.20. The molecule has 19 heavy (non-hydrogen) atoms. The van der Waals surface area contributed by atoms with Crippen molar-refractivity contribution in [3.8, 4) is 5.75 Å². The molecule has 0 saturated carbocycles. The zero-order valence-electron chi connectivity index (χ0n) is 10.9. The molecule has 3 nitrogen and oxygen atoms in total. The summed E-state index contributed by atoms with van der Waals surface area (Å²) < 4.78 is 13.2. The number of phenolic OH excluding ortho intramolecular Hbond substituents is 1. The van der Waals surface area contributed by atoms with Crippen LogP contribution in [0.3, 0.4) is 0 Å². The molecule has 0 aliphatic rings. The van der Waals surface area contributed by atoms with Crippen molar-refractivity contribution in [2.45, 2.75) is 26.4 Å². The third kappa shape index (κ3) is 3.51. The van der Waals surface area contributed by atoms with Gasteiger partial charge in [0, 0.05) is 19.3 Å². The van der Waals surface area contributed by atoms with Gasteiger partial charge in [0.15, 0.2) is 11.6 Å². The van der Waals surface area contributed by atoms with Crippen LogP contribution in [-0.4, -0.2) is 10.1 Å². The van der Waals surface area contributed by atoms with E-state index in [2.05, 4.69) is 23.3 Å². The normalized spacial score (nSPS) is 10.6. The molecular weight excluding hydrogens is 243 g/mol. The number of halogens is 1. The van der Waals surface area contributed by atoms with Gasteiger partial charge in [-0.2, -0.15) is 0 Å². The average molecular weight is 260 g/mol. The van der Waals surface area contributed by atoms with E-state index in [-0.39, 0.29) is 5.75 Å². The number of aromatic hydroxyl groups is 1. The van der Waals surface area contributed by atoms with Crippen LogP contribution in [0, 0.1) is 5.82 Å². The molecule has 0 aliphatic carbocycles. The number of nitrogens with zero attached hydrogens (tertiary/aromatic N) is 1. The van der Waals surface area contributed by atoms with Crippen molar-refractivity contribution in [3.63, 3.8) is 0 Å². The van der Waals surface area contributed by atoms with Gasteiger partial charge >= 0.3 is 0 Å². The lowest BCUT2D eigenvalue weighted by Crippen LogP contribution is -2.15. The van der Waals surface area contributed by atoms with Crippen molar-refractivity contribution in [2.75, 3.05) is 0 Å². The van der Waals surface area contributed by atoms with Crippen LogP contribution in [0.15, 0.2) is 36.5 Å². The fourth-order valence-electron chi connectivity index (χ4n) is 1.94. The Morgan fingerprint density at radius 1 is 1.26 bits per heavy atom. The number of rotatable bonds is 5. The summed E-state index contributed by atoms with van der Waals surface area (Å²) >= 11 is 0. The van der Waals surface area contributed by atoms with Crippen LogP contribution in [0.5, 0.6) is 5.75 Å². The minimum absolute atomic E-state index is 0.318. The van der Waals surface area contributed by atoms with Gasteiger partial charge in [-0.25, -0.2) is 4.39 Å². The molecule has 0 aliphatic heterocycles. The van der Waals surface area contributed by atoms with E-state index in [0.717, 1.165) is 17.7 Å². The van der Waals surface area contributed by atoms with E-state index >= 15 is 0 Å². The van der Waals surface area contributed by atoms with E-state index in [4.69, 9.17) is 5.11 Å². The van der Waals surface area contributed by atoms with Crippen molar-refractivity contribution in [2.24, 2.45) is 0 Å². The fraction of sp³-hybridized carbons (Fsp3) is 0.267. The van der Waals surface area contributed by atoms with E-state index < -0.39 is 5.82 Å². The van der Waals surface area contributed by atoms with Gasteiger partial charge in [0.05, 0.1) is 5.69 Å². The molecule has 0 unspecified atom stereocenters. The smallest absolute Gasteiger partial charge is 0.165 e. The highest BCUT2D eigenvalue weighted by molar-refractivity contribution is 5.28. The van der Waals surface area contributed by atoms with Crippen LogP contribution in [0.4, 0.5) is 4.39 Å². The number of aryl methyl sites for hydroxylation is 1. The summed E-state index contributed by atoms with van der Waals surface area (Å²) in [7, 11) is 0. The van der Waals surface area contributed by atoms with E-state index in [1.165, 1.54) is 17.7 Å². The lowest BCUT2D eigenvalue weighted by Gasteiger charge is -2.08. The molecule has 2 aromatic rings. The maximum atomic E-state index is 13.2. The minimum Gasteiger partial charge on any atom is -0.505 e. The summed E-state index contributed by atoms with van der Waals surface area (Å²) in [5.41, 5.74) is 3.03. The first-order valence-electron chi connectivity index (χ1n) is 6.31. The Kier molecular flexibility index (Phi) is 4.47. The maximum absolute atomic E-state index is 13.2. The second-order valence-electron chi connectivity index (χ2n) is 4.35. The SMILES string of the molecule is CCc1cccnc1CNCc1ccc(O)c(F)c1. The second-order valence-corrected chi connectivity index (χ2v) is 4.35. The molecule has 0 fully saturated rings. The molecule has 2 rings (SSSR count). The van der Waals surface area contributed by atoms with Crippen LogP contribution < -0.4 is 5.32 Å². The van der Waals surface area contributed by atoms with Crippen molar-refractivity contribution >= 4 is 0 Å². The minimum atomic E-state index is -0.591. The van der Waals surface area contributed by atoms with Crippen LogP contribution in [0.2, 0.25) is 0 Å². The highest BCUT2D eigenvalue weighted by Gasteiger charge is 2.03. The fourth-order valence-corrected chi connectivity index (χ4v) is 1.94. The monoisotopic (exact) mass is 260 g/mol. The second kappa shape index (κ2) is 6.29. The molecule has 0 atom stereocenters. The van der Waals surface area contributed by atoms with Crippen LogP contribution >= 0.6 is 0 Å². The number of hydrogen-bond donors (Lipinski definition) is 2. The number of aromatic nitrogens is 1. The van der Waals surface area contributed by atoms with Crippen LogP contribution in [0.25, 0.3) is 0 Å². The predicted molar refractivity (Wildman–Crippen MR) is 72.2 cm³/mol. The lowest BCUT2D eigenvalue weighted by atomic mass is 10.1. The van der Waals surface area contributed by atoms with E-state index in [0.29, 0.717) is 13.1 Å². The number of pyridine rings is 1. The van der Waals surface area contributed by atoms with E-state index in [1.54, 1.807) is 12.3 Å². The van der Waals surface area contributed by atoms with Gasteiger partial charge in [0.2, 0.25) is 0 Å². The van der Waals surface area contributed by atoms with Crippen molar-refractivity contribution in [1.29, 1.82) is 0 Å². The zero-order valence-corrected chi connectivity index (χ0v) is 10.9. The van der Waals surface area contributed by atoms with Gasteiger partial charge in [0.1, 0.15) is 0 Å². The molecule has 0 bridgehead atoms. The molecule has 0 radical (unpaired) electrons. The molecule has 1 heterocycles. The van der Waals surface area contributed by atoms with Crippen molar-refractivity contribution in [1.82, 2.24) is 10.3 Å². The van der Waals surface area contributed by atoms with Crippen molar-refractivity contribution in [3.05, 3.63) is 59.2 Å². The largest absolute Gasteiger partial charge is 0.505 e. The predicted octanol–water partition coefficient (Wildman–Crippen LogP) is 2.78. The Hall–Kier alpha value is -1.94. The molecule has 0 amide bonds. The first kappa shape index (κ1) is 13.5. The summed E-state index contributed by atoms with van der Waals surface area (Å²) in [5.74, 6) is -0.909. The van der Waals surface area contributed by atoms with E-state index in [9.17, 15) is 4.39 Å². The Morgan fingerprint density at radius 3 is 2.84 bits per heavy atom. The van der Waals surface area contributed by atoms with E-state index in [1.807, 2.05) is 6.07 Å². The van der Waals surface area contributed by atoms with Gasteiger partial charge in [-0.3, -0.25) is 4.98 Å². The number of nitrogens with one attached hydrogen (secondary N) is 1. The maximum Gasteiger partial charge on any atom is 0.165 e. The summed E-state index contributed by atoms with van der Waals surface area (Å²) in [6.45, 7) is 3.28. The van der Waals surface area contributed by atoms with Crippen LogP contribution in [0.1, 0.15) is 23.7 Å².